The maximum Gasteiger partial charge on any atom is 0.238 e. The third-order valence-electron chi connectivity index (χ3n) is 4.03. The van der Waals surface area contributed by atoms with Gasteiger partial charge in [-0.3, -0.25) is 9.69 Å². The zero-order chi connectivity index (χ0) is 15.2. The molecule has 1 heterocycles. The summed E-state index contributed by atoms with van der Waals surface area (Å²) in [5, 5.41) is 2.92. The molecule has 2 atom stereocenters. The molecule has 3 N–H and O–H groups in total. The predicted octanol–water partition coefficient (Wildman–Crippen LogP) is 2.11. The Hall–Kier alpha value is -1.30. The Morgan fingerprint density at radius 2 is 2.14 bits per heavy atom. The molecule has 124 valence electrons. The van der Waals surface area contributed by atoms with E-state index < -0.39 is 0 Å². The summed E-state index contributed by atoms with van der Waals surface area (Å²) in [7, 11) is 1.62. The van der Waals surface area contributed by atoms with E-state index in [1.54, 1.807) is 7.11 Å². The largest absolute Gasteiger partial charge is 0.497 e. The summed E-state index contributed by atoms with van der Waals surface area (Å²) in [6, 6.07) is 7.55. The average Bonchev–Trinajstić information content (AvgIpc) is 2.48. The molecule has 0 bridgehead atoms. The highest BCUT2D eigenvalue weighted by molar-refractivity contribution is 5.92. The van der Waals surface area contributed by atoms with Gasteiger partial charge in [0, 0.05) is 18.3 Å². The first-order valence-corrected chi connectivity index (χ1v) is 7.50. The number of hydrogen-bond acceptors (Lipinski definition) is 4. The number of nitrogens with one attached hydrogen (secondary N) is 1. The molecule has 6 heteroatoms. The Morgan fingerprint density at radius 3 is 2.73 bits per heavy atom. The average molecular weight is 328 g/mol. The fourth-order valence-corrected chi connectivity index (χ4v) is 2.74. The fourth-order valence-electron chi connectivity index (χ4n) is 2.74. The summed E-state index contributed by atoms with van der Waals surface area (Å²) in [4.78, 5) is 14.3. The summed E-state index contributed by atoms with van der Waals surface area (Å²) in [5.74, 6) is 1.29. The smallest absolute Gasteiger partial charge is 0.238 e. The Bertz CT molecular complexity index is 465. The van der Waals surface area contributed by atoms with Crippen LogP contribution in [0.1, 0.15) is 19.8 Å². The highest BCUT2D eigenvalue weighted by atomic mass is 35.5. The number of amides is 1. The number of likely N-dealkylation sites (tertiary alicyclic amines) is 1. The second-order valence-corrected chi connectivity index (χ2v) is 5.77. The van der Waals surface area contributed by atoms with Crippen LogP contribution >= 0.6 is 12.4 Å². The number of benzene rings is 1. The first-order chi connectivity index (χ1) is 10.1. The zero-order valence-electron chi connectivity index (χ0n) is 13.2. The van der Waals surface area contributed by atoms with Crippen molar-refractivity contribution < 1.29 is 9.53 Å². The lowest BCUT2D eigenvalue weighted by Gasteiger charge is -2.34. The van der Waals surface area contributed by atoms with Crippen molar-refractivity contribution in [3.8, 4) is 5.75 Å². The van der Waals surface area contributed by atoms with Crippen LogP contribution in [0, 0.1) is 5.92 Å². The lowest BCUT2D eigenvalue weighted by Crippen LogP contribution is -2.45. The quantitative estimate of drug-likeness (QED) is 0.869. The zero-order valence-corrected chi connectivity index (χ0v) is 14.1. The SMILES string of the molecule is COc1ccc(NC(=O)CN2CCCC(C(C)N)C2)cc1.Cl. The van der Waals surface area contributed by atoms with Crippen LogP contribution in [0.5, 0.6) is 5.75 Å². The highest BCUT2D eigenvalue weighted by Gasteiger charge is 2.23. The van der Waals surface area contributed by atoms with Gasteiger partial charge in [0.15, 0.2) is 0 Å². The van der Waals surface area contributed by atoms with Gasteiger partial charge < -0.3 is 15.8 Å². The number of carbonyl (C=O) groups is 1. The molecule has 1 aromatic carbocycles. The number of rotatable bonds is 5. The molecule has 2 rings (SSSR count). The van der Waals surface area contributed by atoms with Crippen molar-refractivity contribution in [3.63, 3.8) is 0 Å². The molecule has 1 aromatic rings. The topological polar surface area (TPSA) is 67.6 Å². The van der Waals surface area contributed by atoms with Crippen LogP contribution in [-0.2, 0) is 4.79 Å². The van der Waals surface area contributed by atoms with E-state index in [2.05, 4.69) is 10.2 Å². The van der Waals surface area contributed by atoms with Crippen molar-refractivity contribution in [2.75, 3.05) is 32.1 Å². The van der Waals surface area contributed by atoms with Crippen LogP contribution < -0.4 is 15.8 Å². The van der Waals surface area contributed by atoms with Gasteiger partial charge in [0.1, 0.15) is 5.75 Å². The molecular formula is C16H26ClN3O2. The van der Waals surface area contributed by atoms with Gasteiger partial charge in [0.25, 0.3) is 0 Å². The molecule has 2 unspecified atom stereocenters. The van der Waals surface area contributed by atoms with Gasteiger partial charge in [0.2, 0.25) is 5.91 Å². The summed E-state index contributed by atoms with van der Waals surface area (Å²) >= 11 is 0. The van der Waals surface area contributed by atoms with Crippen LogP contribution in [-0.4, -0.2) is 43.6 Å². The molecule has 1 amide bonds. The number of piperidine rings is 1. The number of carbonyl (C=O) groups excluding carboxylic acids is 1. The van der Waals surface area contributed by atoms with Gasteiger partial charge in [-0.2, -0.15) is 0 Å². The molecule has 1 fully saturated rings. The van der Waals surface area contributed by atoms with Crippen LogP contribution in [0.4, 0.5) is 5.69 Å². The van der Waals surface area contributed by atoms with Gasteiger partial charge in [-0.05, 0) is 56.5 Å². The number of nitrogens with zero attached hydrogens (tertiary/aromatic N) is 1. The van der Waals surface area contributed by atoms with Gasteiger partial charge in [-0.25, -0.2) is 0 Å². The summed E-state index contributed by atoms with van der Waals surface area (Å²) in [6.45, 7) is 4.35. The van der Waals surface area contributed by atoms with Crippen molar-refractivity contribution >= 4 is 24.0 Å². The Kier molecular flexibility index (Phi) is 7.65. The number of anilines is 1. The van der Waals surface area contributed by atoms with E-state index in [1.165, 1.54) is 0 Å². The molecular weight excluding hydrogens is 302 g/mol. The van der Waals surface area contributed by atoms with Crippen molar-refractivity contribution in [3.05, 3.63) is 24.3 Å². The lowest BCUT2D eigenvalue weighted by molar-refractivity contribution is -0.117. The van der Waals surface area contributed by atoms with E-state index >= 15 is 0 Å². The van der Waals surface area contributed by atoms with Crippen LogP contribution in [0.25, 0.3) is 0 Å². The van der Waals surface area contributed by atoms with E-state index in [0.29, 0.717) is 12.5 Å². The fraction of sp³-hybridized carbons (Fsp3) is 0.562. The molecule has 0 radical (unpaired) electrons. The highest BCUT2D eigenvalue weighted by Crippen LogP contribution is 2.19. The number of nitrogens with two attached hydrogens (primary N) is 1. The van der Waals surface area contributed by atoms with Crippen LogP contribution in [0.2, 0.25) is 0 Å². The normalized spacial score (nSPS) is 19.9. The minimum atomic E-state index is 0. The molecule has 1 aliphatic rings. The van der Waals surface area contributed by atoms with E-state index in [4.69, 9.17) is 10.5 Å². The third-order valence-corrected chi connectivity index (χ3v) is 4.03. The van der Waals surface area contributed by atoms with Crippen LogP contribution in [0.3, 0.4) is 0 Å². The minimum absolute atomic E-state index is 0. The van der Waals surface area contributed by atoms with Crippen molar-refractivity contribution in [1.29, 1.82) is 0 Å². The van der Waals surface area contributed by atoms with Crippen molar-refractivity contribution in [2.24, 2.45) is 11.7 Å². The molecule has 1 aliphatic heterocycles. The standard InChI is InChI=1S/C16H25N3O2.ClH/c1-12(17)13-4-3-9-19(10-13)11-16(20)18-14-5-7-15(21-2)8-6-14;/h5-8,12-13H,3-4,9-11,17H2,1-2H3,(H,18,20);1H. The van der Waals surface area contributed by atoms with E-state index in [9.17, 15) is 4.79 Å². The molecule has 0 saturated carbocycles. The first kappa shape index (κ1) is 18.7. The summed E-state index contributed by atoms with van der Waals surface area (Å²) in [5.41, 5.74) is 6.77. The second kappa shape index (κ2) is 8.98. The summed E-state index contributed by atoms with van der Waals surface area (Å²) < 4.78 is 5.10. The van der Waals surface area contributed by atoms with Crippen LogP contribution in [0.15, 0.2) is 24.3 Å². The van der Waals surface area contributed by atoms with Crippen molar-refractivity contribution in [2.45, 2.75) is 25.8 Å². The summed E-state index contributed by atoms with van der Waals surface area (Å²) in [6.07, 6.45) is 2.27. The van der Waals surface area contributed by atoms with E-state index in [-0.39, 0.29) is 24.4 Å². The second-order valence-electron chi connectivity index (χ2n) is 5.77. The molecule has 0 aromatic heterocycles. The van der Waals surface area contributed by atoms with Crippen molar-refractivity contribution in [1.82, 2.24) is 4.90 Å². The first-order valence-electron chi connectivity index (χ1n) is 7.50. The maximum atomic E-state index is 12.1. The molecule has 1 saturated heterocycles. The Balaban J connectivity index is 0.00000242. The maximum absolute atomic E-state index is 12.1. The van der Waals surface area contributed by atoms with Gasteiger partial charge in [-0.1, -0.05) is 0 Å². The number of methoxy groups -OCH3 is 1. The third kappa shape index (κ3) is 5.48. The monoisotopic (exact) mass is 327 g/mol. The molecule has 0 spiro atoms. The van der Waals surface area contributed by atoms with Gasteiger partial charge >= 0.3 is 0 Å². The van der Waals surface area contributed by atoms with E-state index in [1.807, 2.05) is 31.2 Å². The molecule has 5 nitrogen and oxygen atoms in total. The molecule has 22 heavy (non-hydrogen) atoms. The van der Waals surface area contributed by atoms with Gasteiger partial charge in [0.05, 0.1) is 13.7 Å². The minimum Gasteiger partial charge on any atom is -0.497 e. The number of ether oxygens (including phenoxy) is 1. The predicted molar refractivity (Wildman–Crippen MR) is 91.7 cm³/mol. The van der Waals surface area contributed by atoms with Gasteiger partial charge in [-0.15, -0.1) is 12.4 Å². The Labute approximate surface area is 138 Å². The molecule has 0 aliphatic carbocycles. The number of halogens is 1. The number of hydrogen-bond donors (Lipinski definition) is 2. The lowest BCUT2D eigenvalue weighted by atomic mass is 9.92. The van der Waals surface area contributed by atoms with E-state index in [0.717, 1.165) is 37.4 Å². The Morgan fingerprint density at radius 1 is 1.45 bits per heavy atom.